The van der Waals surface area contributed by atoms with Crippen molar-refractivity contribution in [2.45, 2.75) is 22.6 Å². The van der Waals surface area contributed by atoms with Gasteiger partial charge >= 0.3 is 0 Å². The fourth-order valence-corrected chi connectivity index (χ4v) is 5.66. The van der Waals surface area contributed by atoms with Gasteiger partial charge in [0.15, 0.2) is 9.84 Å². The van der Waals surface area contributed by atoms with Crippen molar-refractivity contribution in [2.24, 2.45) is 0 Å². The molecule has 2 unspecified atom stereocenters. The predicted octanol–water partition coefficient (Wildman–Crippen LogP) is 2.03. The fraction of sp³-hybridized carbons (Fsp3) is 0.333. The van der Waals surface area contributed by atoms with Crippen LogP contribution < -0.4 is 0 Å². The predicted molar refractivity (Wildman–Crippen MR) is 74.1 cm³/mol. The average molecular weight is 289 g/mol. The zero-order valence-corrected chi connectivity index (χ0v) is 11.7. The van der Waals surface area contributed by atoms with Crippen molar-refractivity contribution in [1.82, 2.24) is 4.90 Å². The molecule has 1 aromatic carbocycles. The van der Waals surface area contributed by atoms with Gasteiger partial charge in [0.05, 0.1) is 22.7 Å². The van der Waals surface area contributed by atoms with E-state index < -0.39 is 9.84 Å². The first kappa shape index (κ1) is 12.2. The highest BCUT2D eigenvalue weighted by Gasteiger charge is 2.49. The molecule has 4 nitrogen and oxygen atoms in total. The standard InChI is InChI=1S/C15H15NO3S/c17-20(18)14-4-2-1-3-12(14)13-8-16(9-15(13)20)7-11-5-6-19-10-11/h1-6,10,13,15H,7-9H2. The minimum absolute atomic E-state index is 0.114. The molecule has 0 bridgehead atoms. The van der Waals surface area contributed by atoms with Gasteiger partial charge in [-0.15, -0.1) is 0 Å². The second-order valence-corrected chi connectivity index (χ2v) is 7.69. The second kappa shape index (κ2) is 4.20. The Morgan fingerprint density at radius 1 is 1.20 bits per heavy atom. The van der Waals surface area contributed by atoms with Gasteiger partial charge in [0.1, 0.15) is 0 Å². The van der Waals surface area contributed by atoms with Crippen LogP contribution in [0.4, 0.5) is 0 Å². The third-order valence-corrected chi connectivity index (χ3v) is 6.61. The fourth-order valence-electron chi connectivity index (χ4n) is 3.44. The minimum atomic E-state index is -3.16. The van der Waals surface area contributed by atoms with Gasteiger partial charge in [-0.3, -0.25) is 4.90 Å². The normalized spacial score (nSPS) is 27.4. The maximum absolute atomic E-state index is 12.6. The van der Waals surface area contributed by atoms with Crippen LogP contribution in [0.2, 0.25) is 0 Å². The number of nitrogens with zero attached hydrogens (tertiary/aromatic N) is 1. The van der Waals surface area contributed by atoms with Gasteiger partial charge in [0.25, 0.3) is 0 Å². The smallest absolute Gasteiger partial charge is 0.183 e. The molecule has 5 heteroatoms. The van der Waals surface area contributed by atoms with Crippen molar-refractivity contribution in [1.29, 1.82) is 0 Å². The first-order valence-corrected chi connectivity index (χ1v) is 8.27. The summed E-state index contributed by atoms with van der Waals surface area (Å²) in [5.74, 6) is 0.114. The first-order chi connectivity index (χ1) is 9.66. The van der Waals surface area contributed by atoms with Crippen LogP contribution >= 0.6 is 0 Å². The highest BCUT2D eigenvalue weighted by Crippen LogP contribution is 2.44. The van der Waals surface area contributed by atoms with Gasteiger partial charge in [0, 0.05) is 31.1 Å². The maximum atomic E-state index is 12.6. The van der Waals surface area contributed by atoms with Gasteiger partial charge in [-0.05, 0) is 17.7 Å². The van der Waals surface area contributed by atoms with Crippen LogP contribution in [0.5, 0.6) is 0 Å². The van der Waals surface area contributed by atoms with E-state index in [1.165, 1.54) is 0 Å². The van der Waals surface area contributed by atoms with Crippen LogP contribution in [0.15, 0.2) is 52.2 Å². The lowest BCUT2D eigenvalue weighted by molar-refractivity contribution is 0.324. The molecular weight excluding hydrogens is 274 g/mol. The molecule has 2 aliphatic heterocycles. The Kier molecular flexibility index (Phi) is 2.56. The average Bonchev–Trinajstić information content (AvgIpc) is 3.12. The number of sulfone groups is 1. The number of hydrogen-bond donors (Lipinski definition) is 0. The first-order valence-electron chi connectivity index (χ1n) is 6.72. The Balaban J connectivity index is 1.66. The number of fused-ring (bicyclic) bond motifs is 3. The summed E-state index contributed by atoms with van der Waals surface area (Å²) in [7, 11) is -3.16. The van der Waals surface area contributed by atoms with Gasteiger partial charge in [-0.25, -0.2) is 8.42 Å². The van der Waals surface area contributed by atoms with Gasteiger partial charge in [-0.2, -0.15) is 0 Å². The molecule has 0 saturated carbocycles. The molecule has 20 heavy (non-hydrogen) atoms. The van der Waals surface area contributed by atoms with E-state index in [9.17, 15) is 8.42 Å². The summed E-state index contributed by atoms with van der Waals surface area (Å²) in [6.45, 7) is 2.15. The number of likely N-dealkylation sites (tertiary alicyclic amines) is 1. The third kappa shape index (κ3) is 1.66. The summed E-state index contributed by atoms with van der Waals surface area (Å²) >= 11 is 0. The molecule has 1 fully saturated rings. The summed E-state index contributed by atoms with van der Waals surface area (Å²) in [5, 5.41) is -0.285. The van der Waals surface area contributed by atoms with E-state index in [4.69, 9.17) is 4.42 Å². The molecule has 0 spiro atoms. The van der Waals surface area contributed by atoms with Crippen molar-refractivity contribution in [3.63, 3.8) is 0 Å². The van der Waals surface area contributed by atoms with Gasteiger partial charge < -0.3 is 4.42 Å². The molecular formula is C15H15NO3S. The lowest BCUT2D eigenvalue weighted by atomic mass is 9.99. The third-order valence-electron chi connectivity index (χ3n) is 4.35. The van der Waals surface area contributed by atoms with Crippen LogP contribution in [0.25, 0.3) is 0 Å². The minimum Gasteiger partial charge on any atom is -0.472 e. The molecule has 0 aliphatic carbocycles. The number of furan rings is 1. The van der Waals surface area contributed by atoms with E-state index >= 15 is 0 Å². The lowest BCUT2D eigenvalue weighted by Crippen LogP contribution is -2.25. The molecule has 3 heterocycles. The maximum Gasteiger partial charge on any atom is 0.183 e. The van der Waals surface area contributed by atoms with Crippen molar-refractivity contribution >= 4 is 9.84 Å². The molecule has 2 aliphatic rings. The van der Waals surface area contributed by atoms with E-state index in [-0.39, 0.29) is 11.2 Å². The molecule has 1 aromatic heterocycles. The summed E-state index contributed by atoms with van der Waals surface area (Å²) in [4.78, 5) is 2.74. The van der Waals surface area contributed by atoms with Crippen LogP contribution in [0, 0.1) is 0 Å². The molecule has 0 radical (unpaired) electrons. The zero-order valence-electron chi connectivity index (χ0n) is 10.9. The summed E-state index contributed by atoms with van der Waals surface area (Å²) in [5.41, 5.74) is 2.09. The van der Waals surface area contributed by atoms with E-state index in [1.807, 2.05) is 18.2 Å². The largest absolute Gasteiger partial charge is 0.472 e. The van der Waals surface area contributed by atoms with Crippen molar-refractivity contribution in [2.75, 3.05) is 13.1 Å². The van der Waals surface area contributed by atoms with Crippen molar-refractivity contribution in [3.8, 4) is 0 Å². The molecule has 2 atom stereocenters. The van der Waals surface area contributed by atoms with E-state index in [2.05, 4.69) is 4.90 Å². The number of benzene rings is 1. The van der Waals surface area contributed by atoms with Crippen LogP contribution in [-0.2, 0) is 16.4 Å². The Labute approximate surface area is 117 Å². The monoisotopic (exact) mass is 289 g/mol. The van der Waals surface area contributed by atoms with Crippen molar-refractivity contribution in [3.05, 3.63) is 54.0 Å². The molecule has 4 rings (SSSR count). The number of rotatable bonds is 2. The van der Waals surface area contributed by atoms with Crippen molar-refractivity contribution < 1.29 is 12.8 Å². The van der Waals surface area contributed by atoms with Crippen LogP contribution in [0.3, 0.4) is 0 Å². The molecule has 2 aromatic rings. The van der Waals surface area contributed by atoms with E-state index in [0.29, 0.717) is 11.4 Å². The summed E-state index contributed by atoms with van der Waals surface area (Å²) in [6, 6.07) is 9.36. The number of hydrogen-bond acceptors (Lipinski definition) is 4. The van der Waals surface area contributed by atoms with Gasteiger partial charge in [-0.1, -0.05) is 18.2 Å². The summed E-state index contributed by atoms with van der Waals surface area (Å²) in [6.07, 6.45) is 3.37. The Morgan fingerprint density at radius 3 is 2.85 bits per heavy atom. The SMILES string of the molecule is O=S1(=O)c2ccccc2C2CN(Cc3ccoc3)CC21. The van der Waals surface area contributed by atoms with E-state index in [0.717, 1.165) is 24.2 Å². The Hall–Kier alpha value is -1.59. The Bertz CT molecular complexity index is 736. The summed E-state index contributed by atoms with van der Waals surface area (Å²) < 4.78 is 30.2. The second-order valence-electron chi connectivity index (χ2n) is 5.55. The highest BCUT2D eigenvalue weighted by molar-refractivity contribution is 7.92. The molecule has 0 N–H and O–H groups in total. The van der Waals surface area contributed by atoms with Crippen LogP contribution in [0.1, 0.15) is 17.0 Å². The zero-order chi connectivity index (χ0) is 13.7. The molecule has 1 saturated heterocycles. The van der Waals surface area contributed by atoms with Gasteiger partial charge in [0.2, 0.25) is 0 Å². The molecule has 0 amide bonds. The quantitative estimate of drug-likeness (QED) is 0.849. The highest BCUT2D eigenvalue weighted by atomic mass is 32.2. The topological polar surface area (TPSA) is 50.5 Å². The molecule has 104 valence electrons. The Morgan fingerprint density at radius 2 is 2.05 bits per heavy atom. The van der Waals surface area contributed by atoms with Crippen LogP contribution in [-0.4, -0.2) is 31.7 Å². The van der Waals surface area contributed by atoms with E-state index in [1.54, 1.807) is 24.7 Å². The lowest BCUT2D eigenvalue weighted by Gasteiger charge is -2.15.